The second-order valence-corrected chi connectivity index (χ2v) is 3.55. The van der Waals surface area contributed by atoms with E-state index in [9.17, 15) is 4.79 Å². The van der Waals surface area contributed by atoms with Crippen LogP contribution in [0.1, 0.15) is 12.5 Å². The van der Waals surface area contributed by atoms with Crippen LogP contribution in [0.5, 0.6) is 0 Å². The van der Waals surface area contributed by atoms with Crippen molar-refractivity contribution >= 4 is 16.5 Å². The molecule has 0 aliphatic carbocycles. The van der Waals surface area contributed by atoms with Gasteiger partial charge in [0.15, 0.2) is 10.5 Å². The minimum atomic E-state index is -1.00. The molecule has 0 fully saturated rings. The summed E-state index contributed by atoms with van der Waals surface area (Å²) < 4.78 is 10.5. The highest BCUT2D eigenvalue weighted by molar-refractivity contribution is 5.98. The van der Waals surface area contributed by atoms with Crippen LogP contribution < -0.4 is 0 Å². The molecule has 0 spiro atoms. The van der Waals surface area contributed by atoms with E-state index >= 15 is 0 Å². The summed E-state index contributed by atoms with van der Waals surface area (Å²) in [6.45, 7) is 5.07. The molecule has 1 atom stereocenters. The molecule has 0 heterocycles. The first-order valence-electron chi connectivity index (χ1n) is 4.58. The summed E-state index contributed by atoms with van der Waals surface area (Å²) in [6.07, 6.45) is 1.13. The summed E-state index contributed by atoms with van der Waals surface area (Å²) in [7, 11) is 0.478. The molecule has 15 heavy (non-hydrogen) atoms. The number of rotatable bonds is 4. The van der Waals surface area contributed by atoms with E-state index in [1.807, 2.05) is 30.3 Å². The Balaban J connectivity index is 2.95. The Morgan fingerprint density at radius 3 is 2.53 bits per heavy atom. The van der Waals surface area contributed by atoms with E-state index in [-0.39, 0.29) is 0 Å². The third kappa shape index (κ3) is 2.78. The van der Waals surface area contributed by atoms with Gasteiger partial charge in [0.1, 0.15) is 0 Å². The van der Waals surface area contributed by atoms with E-state index in [1.165, 1.54) is 0 Å². The maximum atomic E-state index is 11.2. The maximum Gasteiger partial charge on any atom is 0.332 e. The first-order chi connectivity index (χ1) is 7.12. The van der Waals surface area contributed by atoms with Crippen molar-refractivity contribution in [3.63, 3.8) is 0 Å². The number of carbonyl (C=O) groups is 1. The zero-order chi connectivity index (χ0) is 11.3. The van der Waals surface area contributed by atoms with E-state index in [1.54, 1.807) is 6.92 Å². The average molecular weight is 222 g/mol. The van der Waals surface area contributed by atoms with Gasteiger partial charge >= 0.3 is 5.97 Å². The fourth-order valence-corrected chi connectivity index (χ4v) is 1.51. The smallest absolute Gasteiger partial charge is 0.332 e. The Morgan fingerprint density at radius 2 is 2.07 bits per heavy atom. The molecule has 0 N–H and O–H groups in total. The minimum Gasteiger partial charge on any atom is -0.427 e. The topological polar surface area (TPSA) is 35.5 Å². The van der Waals surface area contributed by atoms with Crippen LogP contribution in [0.3, 0.4) is 0 Å². The highest BCUT2D eigenvalue weighted by atomic mass is 28.2. The van der Waals surface area contributed by atoms with Crippen molar-refractivity contribution in [2.45, 2.75) is 12.7 Å². The van der Waals surface area contributed by atoms with Gasteiger partial charge in [-0.1, -0.05) is 36.9 Å². The van der Waals surface area contributed by atoms with Crippen molar-refractivity contribution in [2.24, 2.45) is 0 Å². The molecule has 0 saturated carbocycles. The molecule has 1 unspecified atom stereocenters. The van der Waals surface area contributed by atoms with E-state index in [0.717, 1.165) is 11.6 Å². The number of hydrogen-bond acceptors (Lipinski definition) is 3. The second-order valence-electron chi connectivity index (χ2n) is 3.14. The van der Waals surface area contributed by atoms with Crippen LogP contribution in [-0.4, -0.2) is 16.5 Å². The third-order valence-corrected chi connectivity index (χ3v) is 2.93. The van der Waals surface area contributed by atoms with Gasteiger partial charge in [0.2, 0.25) is 5.79 Å². The van der Waals surface area contributed by atoms with Gasteiger partial charge in [-0.3, -0.25) is 0 Å². The van der Waals surface area contributed by atoms with Crippen LogP contribution in [0, 0.1) is 0 Å². The maximum absolute atomic E-state index is 11.2. The normalized spacial score (nSPS) is 14.2. The van der Waals surface area contributed by atoms with Gasteiger partial charge < -0.3 is 9.16 Å². The summed E-state index contributed by atoms with van der Waals surface area (Å²) in [5.74, 6) is -1.49. The molecule has 1 aromatic carbocycles. The summed E-state index contributed by atoms with van der Waals surface area (Å²) in [6, 6.07) is 9.35. The molecule has 0 saturated heterocycles. The van der Waals surface area contributed by atoms with Gasteiger partial charge in [-0.25, -0.2) is 4.79 Å². The molecule has 80 valence electrons. The van der Waals surface area contributed by atoms with Crippen LogP contribution in [0.2, 0.25) is 0 Å². The van der Waals surface area contributed by atoms with Gasteiger partial charge in [-0.15, -0.1) is 0 Å². The van der Waals surface area contributed by atoms with Gasteiger partial charge in [0.25, 0.3) is 0 Å². The number of ether oxygens (including phenoxy) is 1. The van der Waals surface area contributed by atoms with Crippen molar-refractivity contribution in [3.8, 4) is 0 Å². The molecule has 0 amide bonds. The molecule has 3 nitrogen and oxygen atoms in total. The number of esters is 1. The summed E-state index contributed by atoms with van der Waals surface area (Å²) in [5.41, 5.74) is 0.815. The predicted molar refractivity (Wildman–Crippen MR) is 61.1 cm³/mol. The van der Waals surface area contributed by atoms with Gasteiger partial charge in [0, 0.05) is 18.6 Å². The molecule has 1 rings (SSSR count). The second kappa shape index (κ2) is 4.91. The monoisotopic (exact) mass is 222 g/mol. The first-order valence-corrected chi connectivity index (χ1v) is 5.40. The summed E-state index contributed by atoms with van der Waals surface area (Å²) in [5, 5.41) is 0. The van der Waals surface area contributed by atoms with E-state index in [0.29, 0.717) is 10.5 Å². The molecule has 4 heteroatoms. The van der Waals surface area contributed by atoms with Gasteiger partial charge in [0.05, 0.1) is 0 Å². The lowest BCUT2D eigenvalue weighted by Gasteiger charge is -2.28. The summed E-state index contributed by atoms with van der Waals surface area (Å²) in [4.78, 5) is 11.2. The largest absolute Gasteiger partial charge is 0.427 e. The van der Waals surface area contributed by atoms with Crippen LogP contribution in [0.4, 0.5) is 0 Å². The Morgan fingerprint density at radius 1 is 1.47 bits per heavy atom. The lowest BCUT2D eigenvalue weighted by molar-refractivity contribution is -0.189. The lowest BCUT2D eigenvalue weighted by atomic mass is 10.1. The minimum absolute atomic E-state index is 0.478. The van der Waals surface area contributed by atoms with Crippen molar-refractivity contribution < 1.29 is 14.0 Å². The fourth-order valence-electron chi connectivity index (χ4n) is 1.19. The molecule has 1 aromatic rings. The molecule has 0 bridgehead atoms. The fraction of sp³-hybridized carbons (Fsp3) is 0.182. The molecular weight excluding hydrogens is 208 g/mol. The Bertz CT molecular complexity index is 350. The lowest BCUT2D eigenvalue weighted by Crippen LogP contribution is -2.30. The highest BCUT2D eigenvalue weighted by Gasteiger charge is 2.29. The Hall–Kier alpha value is -1.39. The third-order valence-electron chi connectivity index (χ3n) is 2.15. The molecule has 0 aromatic heterocycles. The van der Waals surface area contributed by atoms with Gasteiger partial charge in [-0.2, -0.15) is 0 Å². The van der Waals surface area contributed by atoms with E-state index < -0.39 is 11.8 Å². The SMILES string of the molecule is C=CC(=O)OC(C)(O[SiH3])c1ccccc1. The van der Waals surface area contributed by atoms with Crippen molar-refractivity contribution in [1.29, 1.82) is 0 Å². The zero-order valence-corrected chi connectivity index (χ0v) is 10.9. The number of hydrogen-bond donors (Lipinski definition) is 0. The first kappa shape index (κ1) is 11.7. The molecule has 0 aliphatic rings. The Kier molecular flexibility index (Phi) is 3.82. The van der Waals surface area contributed by atoms with Crippen molar-refractivity contribution in [3.05, 3.63) is 48.6 Å². The molecular formula is C11H14O3Si. The quantitative estimate of drug-likeness (QED) is 0.328. The van der Waals surface area contributed by atoms with Crippen LogP contribution >= 0.6 is 0 Å². The average Bonchev–Trinajstić information content (AvgIpc) is 2.30. The number of carbonyl (C=O) groups excluding carboxylic acids is 1. The van der Waals surface area contributed by atoms with E-state index in [4.69, 9.17) is 9.16 Å². The van der Waals surface area contributed by atoms with E-state index in [2.05, 4.69) is 6.58 Å². The molecule has 0 radical (unpaired) electrons. The predicted octanol–water partition coefficient (Wildman–Crippen LogP) is 0.885. The molecule has 0 aliphatic heterocycles. The van der Waals surface area contributed by atoms with Crippen LogP contribution in [-0.2, 0) is 19.7 Å². The summed E-state index contributed by atoms with van der Waals surface area (Å²) >= 11 is 0. The zero-order valence-electron chi connectivity index (χ0n) is 8.90. The van der Waals surface area contributed by atoms with Crippen LogP contribution in [0.15, 0.2) is 43.0 Å². The number of benzene rings is 1. The van der Waals surface area contributed by atoms with Crippen LogP contribution in [0.25, 0.3) is 0 Å². The van der Waals surface area contributed by atoms with Crippen molar-refractivity contribution in [2.75, 3.05) is 0 Å². The Labute approximate surface area is 92.2 Å². The standard InChI is InChI=1S/C11H14O3Si/c1-3-10(12)13-11(2,14-15)9-7-5-4-6-8-9/h3-8H,1H2,2,15H3. The van der Waals surface area contributed by atoms with Crippen molar-refractivity contribution in [1.82, 2.24) is 0 Å². The van der Waals surface area contributed by atoms with Gasteiger partial charge in [-0.05, 0) is 0 Å². The highest BCUT2D eigenvalue weighted by Crippen LogP contribution is 2.25.